The lowest BCUT2D eigenvalue weighted by Crippen LogP contribution is -2.39. The Balaban J connectivity index is 1.42. The van der Waals surface area contributed by atoms with Gasteiger partial charge < -0.3 is 4.90 Å². The van der Waals surface area contributed by atoms with Gasteiger partial charge in [0, 0.05) is 35.2 Å². The second-order valence-corrected chi connectivity index (χ2v) is 9.70. The van der Waals surface area contributed by atoms with E-state index in [2.05, 4.69) is 40.0 Å². The third-order valence-corrected chi connectivity index (χ3v) is 7.67. The van der Waals surface area contributed by atoms with Crippen molar-refractivity contribution in [1.29, 1.82) is 0 Å². The zero-order valence-electron chi connectivity index (χ0n) is 18.4. The van der Waals surface area contributed by atoms with Gasteiger partial charge in [-0.15, -0.1) is 28.5 Å². The van der Waals surface area contributed by atoms with Crippen molar-refractivity contribution >= 4 is 35.1 Å². The summed E-state index contributed by atoms with van der Waals surface area (Å²) < 4.78 is 1.98. The number of fused-ring (bicyclic) bond motifs is 1. The maximum absolute atomic E-state index is 13.7. The van der Waals surface area contributed by atoms with Crippen molar-refractivity contribution in [1.82, 2.24) is 19.7 Å². The molecule has 4 aromatic rings. The monoisotopic (exact) mass is 485 g/mol. The summed E-state index contributed by atoms with van der Waals surface area (Å²) in [5.41, 5.74) is 3.02. The van der Waals surface area contributed by atoms with E-state index in [1.54, 1.807) is 24.2 Å². The van der Waals surface area contributed by atoms with Crippen molar-refractivity contribution in [2.45, 2.75) is 22.6 Å². The molecule has 0 unspecified atom stereocenters. The second kappa shape index (κ2) is 10.3. The van der Waals surface area contributed by atoms with Crippen LogP contribution in [0.1, 0.15) is 11.6 Å². The molecular weight excluding hydrogens is 462 g/mol. The molecule has 0 radical (unpaired) electrons. The molecule has 0 bridgehead atoms. The Labute approximate surface area is 207 Å². The highest BCUT2D eigenvalue weighted by molar-refractivity contribution is 8.00. The number of allylic oxidation sites excluding steroid dienone is 1. The molecule has 1 aliphatic rings. The van der Waals surface area contributed by atoms with Gasteiger partial charge in [0.25, 0.3) is 0 Å². The molecule has 2 aromatic heterocycles. The molecule has 0 saturated carbocycles. The fourth-order valence-corrected chi connectivity index (χ4v) is 5.99. The van der Waals surface area contributed by atoms with Crippen LogP contribution in [0.5, 0.6) is 0 Å². The number of carbonyl (C=O) groups excluding carboxylic acids is 1. The number of nitrogens with zero attached hydrogens (tertiary/aromatic N) is 5. The molecule has 3 heterocycles. The third-order valence-electron chi connectivity index (χ3n) is 5.58. The minimum absolute atomic E-state index is 0.0207. The van der Waals surface area contributed by atoms with Crippen LogP contribution in [-0.2, 0) is 11.3 Å². The van der Waals surface area contributed by atoms with E-state index in [0.717, 1.165) is 33.3 Å². The van der Waals surface area contributed by atoms with Crippen molar-refractivity contribution in [2.24, 2.45) is 0 Å². The average Bonchev–Trinajstić information content (AvgIpc) is 3.30. The number of pyridine rings is 1. The van der Waals surface area contributed by atoms with Crippen LogP contribution in [0.3, 0.4) is 0 Å². The number of thioether (sulfide) groups is 2. The van der Waals surface area contributed by atoms with Crippen LogP contribution >= 0.6 is 23.5 Å². The molecule has 170 valence electrons. The number of aromatic nitrogens is 4. The Morgan fingerprint density at radius 2 is 1.82 bits per heavy atom. The van der Waals surface area contributed by atoms with Crippen molar-refractivity contribution in [3.63, 3.8) is 0 Å². The first-order valence-electron chi connectivity index (χ1n) is 10.9. The molecule has 1 atom stereocenters. The zero-order valence-corrected chi connectivity index (χ0v) is 20.1. The highest BCUT2D eigenvalue weighted by Crippen LogP contribution is 2.43. The van der Waals surface area contributed by atoms with E-state index < -0.39 is 0 Å². The van der Waals surface area contributed by atoms with Crippen LogP contribution in [0.2, 0.25) is 0 Å². The number of carbonyl (C=O) groups is 1. The first-order valence-corrected chi connectivity index (χ1v) is 12.9. The molecule has 1 aliphatic heterocycles. The number of hydrogen-bond acceptors (Lipinski definition) is 6. The van der Waals surface area contributed by atoms with Crippen LogP contribution < -0.4 is 4.90 Å². The normalized spacial score (nSPS) is 15.1. The summed E-state index contributed by atoms with van der Waals surface area (Å²) in [6.07, 6.45) is 5.27. The van der Waals surface area contributed by atoms with E-state index in [-0.39, 0.29) is 17.7 Å². The summed E-state index contributed by atoms with van der Waals surface area (Å²) in [7, 11) is 0. The van der Waals surface area contributed by atoms with Gasteiger partial charge >= 0.3 is 0 Å². The van der Waals surface area contributed by atoms with Gasteiger partial charge in [-0.25, -0.2) is 0 Å². The zero-order chi connectivity index (χ0) is 23.3. The molecule has 1 amide bonds. The van der Waals surface area contributed by atoms with Crippen LogP contribution in [0, 0.1) is 0 Å². The molecule has 0 saturated heterocycles. The number of hydrogen-bond donors (Lipinski definition) is 0. The van der Waals surface area contributed by atoms with Gasteiger partial charge in [0.1, 0.15) is 0 Å². The Morgan fingerprint density at radius 3 is 2.62 bits per heavy atom. The molecule has 6 nitrogen and oxygen atoms in total. The van der Waals surface area contributed by atoms with Gasteiger partial charge in [-0.1, -0.05) is 60.3 Å². The van der Waals surface area contributed by atoms with Crippen LogP contribution in [0.25, 0.3) is 11.4 Å². The summed E-state index contributed by atoms with van der Waals surface area (Å²) in [6.45, 7) is 4.43. The molecule has 8 heteroatoms. The lowest BCUT2D eigenvalue weighted by molar-refractivity contribution is -0.116. The van der Waals surface area contributed by atoms with E-state index in [0.29, 0.717) is 11.7 Å². The minimum atomic E-state index is -0.0207. The number of rotatable bonds is 7. The van der Waals surface area contributed by atoms with Gasteiger partial charge in [-0.3, -0.25) is 14.3 Å². The highest BCUT2D eigenvalue weighted by atomic mass is 32.2. The van der Waals surface area contributed by atoms with E-state index >= 15 is 0 Å². The Bertz CT molecular complexity index is 1290. The predicted molar refractivity (Wildman–Crippen MR) is 138 cm³/mol. The second-order valence-electron chi connectivity index (χ2n) is 7.70. The Morgan fingerprint density at radius 1 is 1.06 bits per heavy atom. The van der Waals surface area contributed by atoms with E-state index in [9.17, 15) is 4.79 Å². The average molecular weight is 486 g/mol. The van der Waals surface area contributed by atoms with Crippen molar-refractivity contribution < 1.29 is 4.79 Å². The maximum atomic E-state index is 13.7. The molecule has 0 fully saturated rings. The first-order chi connectivity index (χ1) is 16.8. The molecule has 0 spiro atoms. The molecular formula is C26H23N5OS2. The van der Waals surface area contributed by atoms with Crippen molar-refractivity contribution in [3.8, 4) is 11.4 Å². The Kier molecular flexibility index (Phi) is 6.78. The summed E-state index contributed by atoms with van der Waals surface area (Å²) in [4.78, 5) is 20.8. The van der Waals surface area contributed by atoms with Crippen LogP contribution in [-0.4, -0.2) is 37.2 Å². The maximum Gasteiger partial charge on any atom is 0.238 e. The number of para-hydroxylation sites is 1. The molecule has 5 rings (SSSR count). The van der Waals surface area contributed by atoms with Gasteiger partial charge in [0.2, 0.25) is 5.91 Å². The minimum Gasteiger partial charge on any atom is -0.302 e. The third kappa shape index (κ3) is 4.51. The first kappa shape index (κ1) is 22.4. The summed E-state index contributed by atoms with van der Waals surface area (Å²) >= 11 is 3.20. The molecule has 0 aliphatic carbocycles. The fourth-order valence-electron chi connectivity index (χ4n) is 4.02. The fraction of sp³-hybridized carbons (Fsp3) is 0.154. The summed E-state index contributed by atoms with van der Waals surface area (Å²) in [6, 6.07) is 22.1. The summed E-state index contributed by atoms with van der Waals surface area (Å²) in [5, 5.41) is 9.46. The molecule has 0 N–H and O–H groups in total. The predicted octanol–water partition coefficient (Wildman–Crippen LogP) is 5.50. The topological polar surface area (TPSA) is 63.9 Å². The Hall–Kier alpha value is -3.36. The van der Waals surface area contributed by atoms with Gasteiger partial charge in [-0.2, -0.15) is 0 Å². The van der Waals surface area contributed by atoms with E-state index in [4.69, 9.17) is 0 Å². The van der Waals surface area contributed by atoms with Crippen LogP contribution in [0.4, 0.5) is 5.69 Å². The number of anilines is 1. The van der Waals surface area contributed by atoms with Crippen molar-refractivity contribution in [2.75, 3.05) is 16.4 Å². The number of benzene rings is 2. The lowest BCUT2D eigenvalue weighted by Gasteiger charge is -2.37. The van der Waals surface area contributed by atoms with Gasteiger partial charge in [-0.05, 0) is 29.8 Å². The van der Waals surface area contributed by atoms with Crippen molar-refractivity contribution in [3.05, 3.63) is 97.3 Å². The van der Waals surface area contributed by atoms with Crippen LogP contribution in [0.15, 0.2) is 102 Å². The highest BCUT2D eigenvalue weighted by Gasteiger charge is 2.32. The van der Waals surface area contributed by atoms with E-state index in [1.165, 1.54) is 11.8 Å². The summed E-state index contributed by atoms with van der Waals surface area (Å²) in [5.74, 6) is 1.86. The number of amides is 1. The SMILES string of the molecule is C=CCn1c(SCC(=O)N2c3ccccc3SC[C@@H]2c2ccccc2)nnc1-c1ccncc1. The largest absolute Gasteiger partial charge is 0.302 e. The smallest absolute Gasteiger partial charge is 0.238 e. The van der Waals surface area contributed by atoms with Gasteiger partial charge in [0.15, 0.2) is 11.0 Å². The van der Waals surface area contributed by atoms with Gasteiger partial charge in [0.05, 0.1) is 17.5 Å². The molecule has 34 heavy (non-hydrogen) atoms. The van der Waals surface area contributed by atoms with E-state index in [1.807, 2.05) is 64.1 Å². The quantitative estimate of drug-likeness (QED) is 0.254. The molecule has 2 aromatic carbocycles. The standard InChI is InChI=1S/C26H23N5OS2/c1-2-16-30-25(20-12-14-27-15-13-20)28-29-26(30)34-18-24(32)31-21-10-6-7-11-23(21)33-17-22(31)19-8-4-3-5-9-19/h2-15,22H,1,16-18H2/t22-/m1/s1. The lowest BCUT2D eigenvalue weighted by atomic mass is 10.1.